The lowest BCUT2D eigenvalue weighted by Crippen LogP contribution is -2.03. The number of halogens is 1. The Morgan fingerprint density at radius 2 is 1.95 bits per heavy atom. The highest BCUT2D eigenvalue weighted by Gasteiger charge is 2.10. The summed E-state index contributed by atoms with van der Waals surface area (Å²) in [5.74, 6) is 1.04. The van der Waals surface area contributed by atoms with Gasteiger partial charge >= 0.3 is 0 Å². The van der Waals surface area contributed by atoms with Crippen molar-refractivity contribution in [1.82, 2.24) is 0 Å². The fourth-order valence-corrected chi connectivity index (χ4v) is 3.21. The summed E-state index contributed by atoms with van der Waals surface area (Å²) in [6.07, 6.45) is 0. The van der Waals surface area contributed by atoms with Gasteiger partial charge in [0, 0.05) is 10.5 Å². The Hall–Kier alpha value is -1.45. The highest BCUT2D eigenvalue weighted by molar-refractivity contribution is 8.00. The summed E-state index contributed by atoms with van der Waals surface area (Å²) >= 11 is 7.61. The van der Waals surface area contributed by atoms with Crippen LogP contribution in [0.2, 0.25) is 5.02 Å². The number of hydrogen-bond donors (Lipinski definition) is 0. The molecular weight excluding hydrogens is 304 g/mol. The maximum Gasteiger partial charge on any atom is 0.173 e. The van der Waals surface area contributed by atoms with Crippen LogP contribution in [0.5, 0.6) is 5.75 Å². The van der Waals surface area contributed by atoms with Crippen LogP contribution >= 0.6 is 23.4 Å². The molecule has 21 heavy (non-hydrogen) atoms. The minimum absolute atomic E-state index is 0.0606. The van der Waals surface area contributed by atoms with Crippen LogP contribution in [0.25, 0.3) is 0 Å². The first kappa shape index (κ1) is 15.9. The number of aryl methyl sites for hydroxylation is 2. The zero-order valence-electron chi connectivity index (χ0n) is 12.3. The highest BCUT2D eigenvalue weighted by atomic mass is 35.5. The highest BCUT2D eigenvalue weighted by Crippen LogP contribution is 2.27. The summed E-state index contributed by atoms with van der Waals surface area (Å²) in [5.41, 5.74) is 2.99. The summed E-state index contributed by atoms with van der Waals surface area (Å²) in [5, 5.41) is 0.458. The van der Waals surface area contributed by atoms with E-state index >= 15 is 0 Å². The number of ether oxygens (including phenoxy) is 1. The van der Waals surface area contributed by atoms with E-state index in [-0.39, 0.29) is 5.78 Å². The van der Waals surface area contributed by atoms with Crippen LogP contribution in [0.15, 0.2) is 41.3 Å². The van der Waals surface area contributed by atoms with Crippen LogP contribution in [0, 0.1) is 13.8 Å². The predicted molar refractivity (Wildman–Crippen MR) is 89.0 cm³/mol. The van der Waals surface area contributed by atoms with Gasteiger partial charge < -0.3 is 4.74 Å². The van der Waals surface area contributed by atoms with Crippen molar-refractivity contribution >= 4 is 29.1 Å². The SMILES string of the molecule is COc1ccc(C(=O)CSc2cc(C)ccc2C)cc1Cl. The smallest absolute Gasteiger partial charge is 0.173 e. The first-order chi connectivity index (χ1) is 10.0. The Bertz CT molecular complexity index is 668. The number of thioether (sulfide) groups is 1. The second-order valence-corrected chi connectivity index (χ2v) is 6.25. The third-order valence-electron chi connectivity index (χ3n) is 3.18. The molecule has 0 aliphatic carbocycles. The monoisotopic (exact) mass is 320 g/mol. The molecule has 0 N–H and O–H groups in total. The van der Waals surface area contributed by atoms with Gasteiger partial charge in [0.05, 0.1) is 17.9 Å². The van der Waals surface area contributed by atoms with Gasteiger partial charge in [0.2, 0.25) is 0 Å². The molecule has 0 aliphatic heterocycles. The largest absolute Gasteiger partial charge is 0.495 e. The number of ketones is 1. The van der Waals surface area contributed by atoms with Crippen molar-refractivity contribution in [3.05, 3.63) is 58.1 Å². The second kappa shape index (κ2) is 7.01. The number of carbonyl (C=O) groups is 1. The molecule has 0 saturated heterocycles. The molecule has 0 atom stereocenters. The molecule has 0 fully saturated rings. The van der Waals surface area contributed by atoms with Gasteiger partial charge in [-0.05, 0) is 43.7 Å². The molecule has 0 spiro atoms. The Morgan fingerprint density at radius 3 is 2.62 bits per heavy atom. The molecule has 2 nitrogen and oxygen atoms in total. The number of rotatable bonds is 5. The molecule has 2 aromatic rings. The third kappa shape index (κ3) is 4.02. The van der Waals surface area contributed by atoms with Crippen molar-refractivity contribution in [2.24, 2.45) is 0 Å². The number of Topliss-reactive ketones (excluding diaryl/α,β-unsaturated/α-hetero) is 1. The summed E-state index contributed by atoms with van der Waals surface area (Å²) in [6, 6.07) is 11.4. The molecule has 0 heterocycles. The fraction of sp³-hybridized carbons (Fsp3) is 0.235. The molecule has 0 aliphatic rings. The molecule has 2 rings (SSSR count). The lowest BCUT2D eigenvalue weighted by atomic mass is 10.1. The lowest BCUT2D eigenvalue weighted by Gasteiger charge is -2.08. The molecular formula is C17H17ClO2S. The van der Waals surface area contributed by atoms with E-state index < -0.39 is 0 Å². The van der Waals surface area contributed by atoms with E-state index in [1.54, 1.807) is 37.1 Å². The van der Waals surface area contributed by atoms with Gasteiger partial charge in [-0.3, -0.25) is 4.79 Å². The van der Waals surface area contributed by atoms with Crippen LogP contribution in [0.1, 0.15) is 21.5 Å². The number of hydrogen-bond acceptors (Lipinski definition) is 3. The fourth-order valence-electron chi connectivity index (χ4n) is 1.93. The number of benzene rings is 2. The van der Waals surface area contributed by atoms with Crippen LogP contribution in [-0.4, -0.2) is 18.6 Å². The van der Waals surface area contributed by atoms with Gasteiger partial charge in [-0.2, -0.15) is 0 Å². The van der Waals surface area contributed by atoms with Crippen molar-refractivity contribution in [2.75, 3.05) is 12.9 Å². The second-order valence-electron chi connectivity index (χ2n) is 4.83. The van der Waals surface area contributed by atoms with Crippen molar-refractivity contribution in [3.63, 3.8) is 0 Å². The molecule has 0 saturated carbocycles. The van der Waals surface area contributed by atoms with E-state index in [2.05, 4.69) is 32.0 Å². The number of methoxy groups -OCH3 is 1. The topological polar surface area (TPSA) is 26.3 Å². The van der Waals surface area contributed by atoms with Gasteiger partial charge in [0.25, 0.3) is 0 Å². The maximum absolute atomic E-state index is 12.2. The molecule has 0 unspecified atom stereocenters. The quantitative estimate of drug-likeness (QED) is 0.576. The van der Waals surface area contributed by atoms with E-state index in [0.29, 0.717) is 22.1 Å². The van der Waals surface area contributed by atoms with E-state index in [1.807, 2.05) is 0 Å². The minimum atomic E-state index is 0.0606. The van der Waals surface area contributed by atoms with E-state index in [1.165, 1.54) is 11.1 Å². The zero-order valence-corrected chi connectivity index (χ0v) is 13.8. The molecule has 110 valence electrons. The van der Waals surface area contributed by atoms with Crippen LogP contribution in [-0.2, 0) is 0 Å². The molecule has 0 aromatic heterocycles. The minimum Gasteiger partial charge on any atom is -0.495 e. The molecule has 0 amide bonds. The van der Waals surface area contributed by atoms with E-state index in [0.717, 1.165) is 4.90 Å². The first-order valence-corrected chi connectivity index (χ1v) is 7.94. The van der Waals surface area contributed by atoms with Gasteiger partial charge in [-0.15, -0.1) is 11.8 Å². The molecule has 4 heteroatoms. The molecule has 2 aromatic carbocycles. The van der Waals surface area contributed by atoms with Gasteiger partial charge in [0.1, 0.15) is 5.75 Å². The van der Waals surface area contributed by atoms with Crippen molar-refractivity contribution in [1.29, 1.82) is 0 Å². The lowest BCUT2D eigenvalue weighted by molar-refractivity contribution is 0.102. The number of carbonyl (C=O) groups excluding carboxylic acids is 1. The molecule has 0 bridgehead atoms. The zero-order chi connectivity index (χ0) is 15.4. The molecule has 0 radical (unpaired) electrons. The van der Waals surface area contributed by atoms with Gasteiger partial charge in [0.15, 0.2) is 5.78 Å². The van der Waals surface area contributed by atoms with Crippen molar-refractivity contribution in [2.45, 2.75) is 18.7 Å². The van der Waals surface area contributed by atoms with Gasteiger partial charge in [-0.1, -0.05) is 29.3 Å². The Morgan fingerprint density at radius 1 is 1.19 bits per heavy atom. The normalized spacial score (nSPS) is 10.5. The predicted octanol–water partition coefficient (Wildman–Crippen LogP) is 4.94. The standard InChI is InChI=1S/C17H17ClO2S/c1-11-4-5-12(2)17(8-11)21-10-15(19)13-6-7-16(20-3)14(18)9-13/h4-9H,10H2,1-3H3. The summed E-state index contributed by atoms with van der Waals surface area (Å²) in [7, 11) is 1.55. The summed E-state index contributed by atoms with van der Waals surface area (Å²) < 4.78 is 5.09. The Kier molecular flexibility index (Phi) is 5.32. The Balaban J connectivity index is 2.08. The summed E-state index contributed by atoms with van der Waals surface area (Å²) in [6.45, 7) is 4.10. The summed E-state index contributed by atoms with van der Waals surface area (Å²) in [4.78, 5) is 13.4. The average molecular weight is 321 g/mol. The van der Waals surface area contributed by atoms with Gasteiger partial charge in [-0.25, -0.2) is 0 Å². The Labute approximate surface area is 134 Å². The van der Waals surface area contributed by atoms with Crippen molar-refractivity contribution in [3.8, 4) is 5.75 Å². The van der Waals surface area contributed by atoms with E-state index in [4.69, 9.17) is 16.3 Å². The van der Waals surface area contributed by atoms with Crippen LogP contribution < -0.4 is 4.74 Å². The van der Waals surface area contributed by atoms with Crippen LogP contribution in [0.4, 0.5) is 0 Å². The van der Waals surface area contributed by atoms with Crippen molar-refractivity contribution < 1.29 is 9.53 Å². The third-order valence-corrected chi connectivity index (χ3v) is 4.63. The maximum atomic E-state index is 12.2. The van der Waals surface area contributed by atoms with E-state index in [9.17, 15) is 4.79 Å². The average Bonchev–Trinajstić information content (AvgIpc) is 2.47. The van der Waals surface area contributed by atoms with Crippen LogP contribution in [0.3, 0.4) is 0 Å². The first-order valence-electron chi connectivity index (χ1n) is 6.58.